The number of halogens is 1. The lowest BCUT2D eigenvalue weighted by atomic mass is 9.89. The summed E-state index contributed by atoms with van der Waals surface area (Å²) in [5.41, 5.74) is 0. The average molecular weight is 415 g/mol. The lowest BCUT2D eigenvalue weighted by Crippen LogP contribution is -2.50. The molecule has 1 heterocycles. The Bertz CT molecular complexity index is 760. The SMILES string of the molecule is CN(C(=O)C1CCN(S(=O)(=O)c2ccc(Cl)cc2)CC1)[C@H]1CCCC[C@H]1O. The predicted molar refractivity (Wildman–Crippen MR) is 104 cm³/mol. The molecule has 1 saturated heterocycles. The molecule has 2 atom stereocenters. The van der Waals surface area contributed by atoms with Crippen LogP contribution in [0.3, 0.4) is 0 Å². The second-order valence-corrected chi connectivity index (χ2v) is 9.87. The maximum Gasteiger partial charge on any atom is 0.243 e. The minimum atomic E-state index is -3.57. The van der Waals surface area contributed by atoms with E-state index in [1.807, 2.05) is 0 Å². The fourth-order valence-corrected chi connectivity index (χ4v) is 5.69. The molecular weight excluding hydrogens is 388 g/mol. The number of hydrogen-bond donors (Lipinski definition) is 1. The van der Waals surface area contributed by atoms with Crippen molar-refractivity contribution in [3.05, 3.63) is 29.3 Å². The molecule has 150 valence electrons. The van der Waals surface area contributed by atoms with Gasteiger partial charge in [-0.05, 0) is 49.9 Å². The van der Waals surface area contributed by atoms with Gasteiger partial charge in [-0.1, -0.05) is 24.4 Å². The van der Waals surface area contributed by atoms with Gasteiger partial charge in [0.15, 0.2) is 0 Å². The molecule has 2 aliphatic rings. The minimum absolute atomic E-state index is 0.0180. The van der Waals surface area contributed by atoms with E-state index in [0.717, 1.165) is 25.7 Å². The zero-order chi connectivity index (χ0) is 19.6. The molecule has 6 nitrogen and oxygen atoms in total. The maximum absolute atomic E-state index is 12.8. The van der Waals surface area contributed by atoms with Crippen molar-refractivity contribution in [2.75, 3.05) is 20.1 Å². The Morgan fingerprint density at radius 2 is 1.70 bits per heavy atom. The third-order valence-corrected chi connectivity index (χ3v) is 7.96. The van der Waals surface area contributed by atoms with Crippen LogP contribution >= 0.6 is 11.6 Å². The van der Waals surface area contributed by atoms with Gasteiger partial charge in [-0.2, -0.15) is 4.31 Å². The summed E-state index contributed by atoms with van der Waals surface area (Å²) in [6.45, 7) is 0.644. The standard InChI is InChI=1S/C19H27ClN2O4S/c1-21(17-4-2-3-5-18(17)23)19(24)14-10-12-22(13-11-14)27(25,26)16-8-6-15(20)7-9-16/h6-9,14,17-18,23H,2-5,10-13H2,1H3/t17-,18+/m0/s1. The third kappa shape index (κ3) is 4.47. The molecule has 8 heteroatoms. The number of carbonyl (C=O) groups excluding carboxylic acids is 1. The second kappa shape index (κ2) is 8.47. The van der Waals surface area contributed by atoms with E-state index in [9.17, 15) is 18.3 Å². The molecule has 1 amide bonds. The van der Waals surface area contributed by atoms with E-state index in [-0.39, 0.29) is 22.8 Å². The van der Waals surface area contributed by atoms with Crippen LogP contribution < -0.4 is 0 Å². The topological polar surface area (TPSA) is 77.9 Å². The number of aliphatic hydroxyl groups excluding tert-OH is 1. The van der Waals surface area contributed by atoms with Crippen molar-refractivity contribution in [2.24, 2.45) is 5.92 Å². The fraction of sp³-hybridized carbons (Fsp3) is 0.632. The number of likely N-dealkylation sites (N-methyl/N-ethyl adjacent to an activating group) is 1. The molecule has 0 unspecified atom stereocenters. The highest BCUT2D eigenvalue weighted by Crippen LogP contribution is 2.28. The number of hydrogen-bond acceptors (Lipinski definition) is 4. The predicted octanol–water partition coefficient (Wildman–Crippen LogP) is 2.50. The van der Waals surface area contributed by atoms with Crippen LogP contribution in [0.15, 0.2) is 29.2 Å². The van der Waals surface area contributed by atoms with Crippen molar-refractivity contribution < 1.29 is 18.3 Å². The summed E-state index contributed by atoms with van der Waals surface area (Å²) in [4.78, 5) is 14.8. The average Bonchev–Trinajstić information content (AvgIpc) is 2.68. The number of piperidine rings is 1. The normalized spacial score (nSPS) is 25.3. The molecule has 1 aliphatic carbocycles. The van der Waals surface area contributed by atoms with Gasteiger partial charge in [-0.25, -0.2) is 8.42 Å². The zero-order valence-corrected chi connectivity index (χ0v) is 17.1. The summed E-state index contributed by atoms with van der Waals surface area (Å²) in [5.74, 6) is -0.176. The van der Waals surface area contributed by atoms with E-state index >= 15 is 0 Å². The third-order valence-electron chi connectivity index (χ3n) is 5.79. The smallest absolute Gasteiger partial charge is 0.243 e. The van der Waals surface area contributed by atoms with Crippen LogP contribution in [-0.4, -0.2) is 60.9 Å². The monoisotopic (exact) mass is 414 g/mol. The molecule has 1 aromatic rings. The Morgan fingerprint density at radius 1 is 1.11 bits per heavy atom. The number of rotatable bonds is 4. The lowest BCUT2D eigenvalue weighted by Gasteiger charge is -2.38. The van der Waals surface area contributed by atoms with Gasteiger partial charge in [0.25, 0.3) is 0 Å². The van der Waals surface area contributed by atoms with E-state index in [0.29, 0.717) is 31.0 Å². The molecule has 0 aromatic heterocycles. The first-order valence-corrected chi connectivity index (χ1v) is 11.3. The number of nitrogens with zero attached hydrogens (tertiary/aromatic N) is 2. The number of benzene rings is 1. The van der Waals surface area contributed by atoms with Crippen LogP contribution in [0.1, 0.15) is 38.5 Å². The maximum atomic E-state index is 12.8. The van der Waals surface area contributed by atoms with E-state index < -0.39 is 16.1 Å². The lowest BCUT2D eigenvalue weighted by molar-refractivity contribution is -0.141. The molecular formula is C19H27ClN2O4S. The van der Waals surface area contributed by atoms with Crippen molar-refractivity contribution in [1.29, 1.82) is 0 Å². The number of carbonyl (C=O) groups is 1. The largest absolute Gasteiger partial charge is 0.391 e. The number of aliphatic hydroxyl groups is 1. The van der Waals surface area contributed by atoms with Crippen LogP contribution in [0.2, 0.25) is 5.02 Å². The van der Waals surface area contributed by atoms with E-state index in [1.54, 1.807) is 24.1 Å². The quantitative estimate of drug-likeness (QED) is 0.821. The first-order valence-electron chi connectivity index (χ1n) is 9.51. The Kier molecular flexibility index (Phi) is 6.46. The van der Waals surface area contributed by atoms with Crippen molar-refractivity contribution >= 4 is 27.5 Å². The number of sulfonamides is 1. The van der Waals surface area contributed by atoms with Crippen LogP contribution in [0.25, 0.3) is 0 Å². The zero-order valence-electron chi connectivity index (χ0n) is 15.6. The van der Waals surface area contributed by atoms with Gasteiger partial charge in [0, 0.05) is 31.1 Å². The first kappa shape index (κ1) is 20.6. The Balaban J connectivity index is 1.61. The molecule has 2 fully saturated rings. The molecule has 1 aromatic carbocycles. The van der Waals surface area contributed by atoms with Crippen LogP contribution in [-0.2, 0) is 14.8 Å². The van der Waals surface area contributed by atoms with E-state index in [4.69, 9.17) is 11.6 Å². The summed E-state index contributed by atoms with van der Waals surface area (Å²) < 4.78 is 26.9. The summed E-state index contributed by atoms with van der Waals surface area (Å²) >= 11 is 5.84. The van der Waals surface area contributed by atoms with Gasteiger partial charge in [0.2, 0.25) is 15.9 Å². The van der Waals surface area contributed by atoms with Crippen LogP contribution in [0.5, 0.6) is 0 Å². The highest BCUT2D eigenvalue weighted by molar-refractivity contribution is 7.89. The van der Waals surface area contributed by atoms with Crippen molar-refractivity contribution in [3.63, 3.8) is 0 Å². The van der Waals surface area contributed by atoms with Crippen molar-refractivity contribution in [1.82, 2.24) is 9.21 Å². The fourth-order valence-electron chi connectivity index (χ4n) is 4.09. The van der Waals surface area contributed by atoms with Crippen LogP contribution in [0, 0.1) is 5.92 Å². The highest BCUT2D eigenvalue weighted by atomic mass is 35.5. The van der Waals surface area contributed by atoms with Gasteiger partial charge in [0.05, 0.1) is 17.0 Å². The van der Waals surface area contributed by atoms with Crippen molar-refractivity contribution in [3.8, 4) is 0 Å². The summed E-state index contributed by atoms with van der Waals surface area (Å²) in [5, 5.41) is 10.7. The first-order chi connectivity index (χ1) is 12.8. The molecule has 0 spiro atoms. The summed E-state index contributed by atoms with van der Waals surface area (Å²) in [6, 6.07) is 6.02. The Hall–Kier alpha value is -1.15. The summed E-state index contributed by atoms with van der Waals surface area (Å²) in [6.07, 6.45) is 4.13. The van der Waals surface area contributed by atoms with Crippen molar-refractivity contribution in [2.45, 2.75) is 55.6 Å². The van der Waals surface area contributed by atoms with Gasteiger partial charge >= 0.3 is 0 Å². The van der Waals surface area contributed by atoms with Crippen LogP contribution in [0.4, 0.5) is 0 Å². The van der Waals surface area contributed by atoms with Gasteiger partial charge in [0.1, 0.15) is 0 Å². The molecule has 0 radical (unpaired) electrons. The van der Waals surface area contributed by atoms with Gasteiger partial charge in [-0.3, -0.25) is 4.79 Å². The molecule has 1 aliphatic heterocycles. The number of amides is 1. The highest BCUT2D eigenvalue weighted by Gasteiger charge is 2.36. The molecule has 27 heavy (non-hydrogen) atoms. The summed E-state index contributed by atoms with van der Waals surface area (Å²) in [7, 11) is -1.81. The minimum Gasteiger partial charge on any atom is -0.391 e. The Morgan fingerprint density at radius 3 is 2.30 bits per heavy atom. The van der Waals surface area contributed by atoms with E-state index in [1.165, 1.54) is 16.4 Å². The van der Waals surface area contributed by atoms with Gasteiger partial charge < -0.3 is 10.0 Å². The van der Waals surface area contributed by atoms with Gasteiger partial charge in [-0.15, -0.1) is 0 Å². The molecule has 0 bridgehead atoms. The second-order valence-electron chi connectivity index (χ2n) is 7.50. The molecule has 1 saturated carbocycles. The van der Waals surface area contributed by atoms with E-state index in [2.05, 4.69) is 0 Å². The molecule has 1 N–H and O–H groups in total. The molecule has 3 rings (SSSR count). The Labute approximate surface area is 166 Å².